The molecule has 7 heteroatoms. The summed E-state index contributed by atoms with van der Waals surface area (Å²) in [5, 5.41) is 0. The summed E-state index contributed by atoms with van der Waals surface area (Å²) in [6, 6.07) is 6.24. The smallest absolute Gasteiger partial charge is 0.229 e. The van der Waals surface area contributed by atoms with Gasteiger partial charge in [0.25, 0.3) is 0 Å². The average Bonchev–Trinajstić information content (AvgIpc) is 2.70. The van der Waals surface area contributed by atoms with Crippen molar-refractivity contribution in [2.24, 2.45) is 0 Å². The molecule has 1 aromatic carbocycles. The minimum atomic E-state index is -3.64. The highest BCUT2D eigenvalue weighted by Gasteiger charge is 2.37. The normalized spacial score (nSPS) is 22.2. The third-order valence-corrected chi connectivity index (χ3v) is 7.30. The molecule has 0 saturated carbocycles. The summed E-state index contributed by atoms with van der Waals surface area (Å²) in [7, 11) is -6.75. The van der Waals surface area contributed by atoms with Gasteiger partial charge in [0.05, 0.1) is 16.4 Å². The first kappa shape index (κ1) is 15.5. The van der Waals surface area contributed by atoms with Crippen LogP contribution < -0.4 is 0 Å². The second-order valence-corrected chi connectivity index (χ2v) is 9.20. The van der Waals surface area contributed by atoms with Crippen LogP contribution >= 0.6 is 0 Å². The molecule has 0 N–H and O–H groups in total. The van der Waals surface area contributed by atoms with E-state index in [-0.39, 0.29) is 22.9 Å². The van der Waals surface area contributed by atoms with Crippen molar-refractivity contribution in [2.75, 3.05) is 18.1 Å². The topological polar surface area (TPSA) is 71.5 Å². The molecule has 0 aliphatic carbocycles. The summed E-state index contributed by atoms with van der Waals surface area (Å²) < 4.78 is 49.7. The highest BCUT2D eigenvalue weighted by molar-refractivity contribution is 7.92. The molecule has 1 aliphatic heterocycles. The minimum Gasteiger partial charge on any atom is -0.229 e. The predicted octanol–water partition coefficient (Wildman–Crippen LogP) is 1.19. The Hall–Kier alpha value is -0.920. The number of hydrogen-bond acceptors (Lipinski definition) is 4. The Kier molecular flexibility index (Phi) is 4.22. The zero-order chi connectivity index (χ0) is 15.0. The van der Waals surface area contributed by atoms with Crippen molar-refractivity contribution in [3.05, 3.63) is 29.8 Å². The van der Waals surface area contributed by atoms with Crippen molar-refractivity contribution >= 4 is 19.9 Å². The van der Waals surface area contributed by atoms with Crippen LogP contribution in [0.25, 0.3) is 0 Å². The van der Waals surface area contributed by atoms with E-state index in [1.807, 2.05) is 13.0 Å². The third kappa shape index (κ3) is 3.05. The van der Waals surface area contributed by atoms with Crippen molar-refractivity contribution in [1.82, 2.24) is 4.31 Å². The summed E-state index contributed by atoms with van der Waals surface area (Å²) in [4.78, 5) is 0.226. The summed E-state index contributed by atoms with van der Waals surface area (Å²) in [5.74, 6) is -0.0105. The van der Waals surface area contributed by atoms with Gasteiger partial charge < -0.3 is 0 Å². The standard InChI is InChI=1S/C13H19NO4S2/c1-3-14(12-7-8-19(15,16)10-12)20(17,18)13-6-4-5-11(2)9-13/h4-6,9,12H,3,7-8,10H2,1-2H3. The summed E-state index contributed by atoms with van der Waals surface area (Å²) in [5.41, 5.74) is 0.862. The number of nitrogens with zero attached hydrogens (tertiary/aromatic N) is 1. The predicted molar refractivity (Wildman–Crippen MR) is 77.8 cm³/mol. The van der Waals surface area contributed by atoms with Crippen LogP contribution in [0.3, 0.4) is 0 Å². The molecule has 112 valence electrons. The van der Waals surface area contributed by atoms with Crippen LogP contribution in [-0.2, 0) is 19.9 Å². The molecule has 2 rings (SSSR count). The van der Waals surface area contributed by atoms with E-state index in [1.165, 1.54) is 4.31 Å². The lowest BCUT2D eigenvalue weighted by Crippen LogP contribution is -2.40. The number of benzene rings is 1. The Labute approximate surface area is 120 Å². The van der Waals surface area contributed by atoms with Gasteiger partial charge in [0.1, 0.15) is 0 Å². The van der Waals surface area contributed by atoms with Crippen LogP contribution in [0, 0.1) is 6.92 Å². The largest absolute Gasteiger partial charge is 0.243 e. The monoisotopic (exact) mass is 317 g/mol. The quantitative estimate of drug-likeness (QED) is 0.836. The van der Waals surface area contributed by atoms with Crippen LogP contribution in [0.4, 0.5) is 0 Å². The molecule has 0 aromatic heterocycles. The van der Waals surface area contributed by atoms with E-state index < -0.39 is 25.9 Å². The molecular weight excluding hydrogens is 298 g/mol. The number of rotatable bonds is 4. The number of aryl methyl sites for hydroxylation is 1. The Bertz CT molecular complexity index is 695. The molecule has 1 aliphatic rings. The maximum absolute atomic E-state index is 12.6. The molecule has 0 bridgehead atoms. The summed E-state index contributed by atoms with van der Waals surface area (Å²) >= 11 is 0. The zero-order valence-electron chi connectivity index (χ0n) is 11.6. The lowest BCUT2D eigenvalue weighted by Gasteiger charge is -2.26. The lowest BCUT2D eigenvalue weighted by molar-refractivity contribution is 0.354. The molecule has 1 heterocycles. The second-order valence-electron chi connectivity index (χ2n) is 5.08. The molecule has 0 amide bonds. The molecular formula is C13H19NO4S2. The lowest BCUT2D eigenvalue weighted by atomic mass is 10.2. The van der Waals surface area contributed by atoms with Gasteiger partial charge in [-0.25, -0.2) is 16.8 Å². The van der Waals surface area contributed by atoms with Gasteiger partial charge in [0.15, 0.2) is 9.84 Å². The maximum atomic E-state index is 12.6. The van der Waals surface area contributed by atoms with Gasteiger partial charge >= 0.3 is 0 Å². The molecule has 1 fully saturated rings. The van der Waals surface area contributed by atoms with Gasteiger partial charge in [-0.15, -0.1) is 0 Å². The van der Waals surface area contributed by atoms with E-state index >= 15 is 0 Å². The van der Waals surface area contributed by atoms with Gasteiger partial charge in [0, 0.05) is 12.6 Å². The minimum absolute atomic E-state index is 0.0670. The first-order valence-electron chi connectivity index (χ1n) is 6.55. The van der Waals surface area contributed by atoms with E-state index in [0.29, 0.717) is 6.42 Å². The maximum Gasteiger partial charge on any atom is 0.243 e. The SMILES string of the molecule is CCN(C1CCS(=O)(=O)C1)S(=O)(=O)c1cccc(C)c1. The fraction of sp³-hybridized carbons (Fsp3) is 0.538. The average molecular weight is 317 g/mol. The van der Waals surface area contributed by atoms with Crippen LogP contribution in [0.1, 0.15) is 18.9 Å². The number of sulfone groups is 1. The van der Waals surface area contributed by atoms with E-state index in [2.05, 4.69) is 0 Å². The summed E-state index contributed by atoms with van der Waals surface area (Å²) in [6.45, 7) is 3.84. The van der Waals surface area contributed by atoms with Crippen molar-refractivity contribution < 1.29 is 16.8 Å². The van der Waals surface area contributed by atoms with Crippen LogP contribution in [-0.4, -0.2) is 45.2 Å². The molecule has 20 heavy (non-hydrogen) atoms. The molecule has 0 radical (unpaired) electrons. The molecule has 1 saturated heterocycles. The van der Waals surface area contributed by atoms with Gasteiger partial charge in [-0.05, 0) is 31.0 Å². The first-order chi connectivity index (χ1) is 9.26. The summed E-state index contributed by atoms with van der Waals surface area (Å²) in [6.07, 6.45) is 0.376. The van der Waals surface area contributed by atoms with E-state index in [4.69, 9.17) is 0 Å². The van der Waals surface area contributed by atoms with Crippen LogP contribution in [0.2, 0.25) is 0 Å². The molecule has 1 unspecified atom stereocenters. The Morgan fingerprint density at radius 1 is 1.35 bits per heavy atom. The van der Waals surface area contributed by atoms with E-state index in [1.54, 1.807) is 25.1 Å². The fourth-order valence-corrected chi connectivity index (χ4v) is 6.13. The fourth-order valence-electron chi connectivity index (χ4n) is 2.54. The number of sulfonamides is 1. The number of hydrogen-bond donors (Lipinski definition) is 0. The van der Waals surface area contributed by atoms with Gasteiger partial charge in [-0.2, -0.15) is 4.31 Å². The highest BCUT2D eigenvalue weighted by atomic mass is 32.2. The van der Waals surface area contributed by atoms with Crippen molar-refractivity contribution in [2.45, 2.75) is 31.2 Å². The Morgan fingerprint density at radius 3 is 2.55 bits per heavy atom. The second kappa shape index (κ2) is 5.46. The Morgan fingerprint density at radius 2 is 2.05 bits per heavy atom. The van der Waals surface area contributed by atoms with Crippen molar-refractivity contribution in [3.63, 3.8) is 0 Å². The van der Waals surface area contributed by atoms with Gasteiger partial charge in [-0.3, -0.25) is 0 Å². The zero-order valence-corrected chi connectivity index (χ0v) is 13.2. The molecule has 1 aromatic rings. The third-order valence-electron chi connectivity index (χ3n) is 3.52. The van der Waals surface area contributed by atoms with E-state index in [0.717, 1.165) is 5.56 Å². The van der Waals surface area contributed by atoms with Gasteiger partial charge in [-0.1, -0.05) is 19.1 Å². The van der Waals surface area contributed by atoms with Crippen molar-refractivity contribution in [3.8, 4) is 0 Å². The highest BCUT2D eigenvalue weighted by Crippen LogP contribution is 2.25. The Balaban J connectivity index is 2.36. The van der Waals surface area contributed by atoms with Crippen LogP contribution in [0.15, 0.2) is 29.2 Å². The first-order valence-corrected chi connectivity index (χ1v) is 9.81. The van der Waals surface area contributed by atoms with Crippen LogP contribution in [0.5, 0.6) is 0 Å². The molecule has 5 nitrogen and oxygen atoms in total. The van der Waals surface area contributed by atoms with Crippen molar-refractivity contribution in [1.29, 1.82) is 0 Å². The molecule has 1 atom stereocenters. The van der Waals surface area contributed by atoms with Gasteiger partial charge in [0.2, 0.25) is 10.0 Å². The van der Waals surface area contributed by atoms with E-state index in [9.17, 15) is 16.8 Å². The molecule has 0 spiro atoms.